The molecule has 2 heterocycles. The molecule has 3 fully saturated rings. The van der Waals surface area contributed by atoms with E-state index < -0.39 is 23.4 Å². The molecule has 0 amide bonds. The number of aliphatic carboxylic acids is 1. The van der Waals surface area contributed by atoms with Crippen molar-refractivity contribution in [1.29, 1.82) is 0 Å². The first-order valence-electron chi connectivity index (χ1n) is 11.0. The standard InChI is InChI=1S/C23H30N2O5/c26-20(19-18-9-5-4-8-16(18)10-11-24-19)17-12-23(21(27)28,25-13-17)22(29)30-14-15-6-2-1-3-7-15/h1-3,6-7,16-19,24-25H,4-5,8-14H2,(H,27,28)/t16?,17?,18?,19?,23-/m0/s1. The molecule has 0 bridgehead atoms. The van der Waals surface area contributed by atoms with E-state index in [0.29, 0.717) is 11.8 Å². The van der Waals surface area contributed by atoms with Crippen molar-refractivity contribution in [2.45, 2.75) is 56.7 Å². The minimum Gasteiger partial charge on any atom is -0.479 e. The summed E-state index contributed by atoms with van der Waals surface area (Å²) in [6, 6.07) is 8.90. The van der Waals surface area contributed by atoms with E-state index in [-0.39, 0.29) is 31.4 Å². The van der Waals surface area contributed by atoms with Crippen molar-refractivity contribution in [3.05, 3.63) is 35.9 Å². The highest BCUT2D eigenvalue weighted by atomic mass is 16.5. The minimum atomic E-state index is -1.87. The van der Waals surface area contributed by atoms with Crippen LogP contribution in [-0.2, 0) is 25.7 Å². The number of carboxylic acid groups (broad SMARTS) is 1. The third-order valence-electron chi connectivity index (χ3n) is 7.11. The second kappa shape index (κ2) is 8.86. The smallest absolute Gasteiger partial charge is 0.338 e. The summed E-state index contributed by atoms with van der Waals surface area (Å²) in [4.78, 5) is 38.1. The molecule has 1 aromatic rings. The van der Waals surface area contributed by atoms with Crippen LogP contribution >= 0.6 is 0 Å². The summed E-state index contributed by atoms with van der Waals surface area (Å²) in [6.07, 6.45) is 5.61. The number of carbonyl (C=O) groups is 3. The lowest BCUT2D eigenvalue weighted by atomic mass is 9.69. The number of nitrogens with one attached hydrogen (secondary N) is 2. The molecule has 0 aromatic heterocycles. The second-order valence-corrected chi connectivity index (χ2v) is 8.89. The second-order valence-electron chi connectivity index (χ2n) is 8.89. The summed E-state index contributed by atoms with van der Waals surface area (Å²) in [5.41, 5.74) is -1.08. The zero-order valence-corrected chi connectivity index (χ0v) is 17.1. The van der Waals surface area contributed by atoms with Gasteiger partial charge in [0.2, 0.25) is 5.54 Å². The normalized spacial score (nSPS) is 33.5. The predicted octanol–water partition coefficient (Wildman–Crippen LogP) is 1.90. The Balaban J connectivity index is 1.43. The molecule has 1 aromatic carbocycles. The highest BCUT2D eigenvalue weighted by Crippen LogP contribution is 2.39. The van der Waals surface area contributed by atoms with Gasteiger partial charge in [-0.15, -0.1) is 0 Å². The third kappa shape index (κ3) is 4.01. The molecule has 0 radical (unpaired) electrons. The van der Waals surface area contributed by atoms with Crippen LogP contribution < -0.4 is 10.6 Å². The van der Waals surface area contributed by atoms with Gasteiger partial charge >= 0.3 is 11.9 Å². The number of ether oxygens (including phenoxy) is 1. The van der Waals surface area contributed by atoms with Gasteiger partial charge in [0.25, 0.3) is 0 Å². The molecule has 3 aliphatic rings. The van der Waals surface area contributed by atoms with Crippen LogP contribution in [0.15, 0.2) is 30.3 Å². The van der Waals surface area contributed by atoms with E-state index in [9.17, 15) is 19.5 Å². The average Bonchev–Trinajstić information content (AvgIpc) is 3.24. The van der Waals surface area contributed by atoms with Gasteiger partial charge in [0.05, 0.1) is 6.04 Å². The number of benzene rings is 1. The summed E-state index contributed by atoms with van der Waals surface area (Å²) in [5.74, 6) is -1.70. The Hall–Kier alpha value is -2.25. The van der Waals surface area contributed by atoms with Gasteiger partial charge in [-0.2, -0.15) is 0 Å². The minimum absolute atomic E-state index is 0.00291. The molecule has 0 spiro atoms. The van der Waals surface area contributed by atoms with Crippen molar-refractivity contribution in [3.63, 3.8) is 0 Å². The molecular weight excluding hydrogens is 384 g/mol. The van der Waals surface area contributed by atoms with Crippen LogP contribution in [0.3, 0.4) is 0 Å². The first-order valence-corrected chi connectivity index (χ1v) is 11.0. The van der Waals surface area contributed by atoms with Gasteiger partial charge in [-0.25, -0.2) is 9.59 Å². The van der Waals surface area contributed by atoms with E-state index >= 15 is 0 Å². The number of fused-ring (bicyclic) bond motifs is 1. The zero-order chi connectivity index (χ0) is 21.1. The lowest BCUT2D eigenvalue weighted by Gasteiger charge is -2.42. The maximum atomic E-state index is 13.3. The van der Waals surface area contributed by atoms with E-state index in [0.717, 1.165) is 31.4 Å². The van der Waals surface area contributed by atoms with Crippen LogP contribution in [0.1, 0.15) is 44.1 Å². The molecule has 7 heteroatoms. The van der Waals surface area contributed by atoms with Crippen molar-refractivity contribution < 1.29 is 24.2 Å². The topological polar surface area (TPSA) is 105 Å². The summed E-state index contributed by atoms with van der Waals surface area (Å²) in [6.45, 7) is 1.00. The largest absolute Gasteiger partial charge is 0.479 e. The van der Waals surface area contributed by atoms with Crippen molar-refractivity contribution in [2.24, 2.45) is 17.8 Å². The number of carboxylic acids is 1. The predicted molar refractivity (Wildman–Crippen MR) is 110 cm³/mol. The molecule has 7 nitrogen and oxygen atoms in total. The highest BCUT2D eigenvalue weighted by molar-refractivity contribution is 6.05. The quantitative estimate of drug-likeness (QED) is 0.482. The lowest BCUT2D eigenvalue weighted by molar-refractivity contribution is -0.163. The van der Waals surface area contributed by atoms with Crippen molar-refractivity contribution in [1.82, 2.24) is 10.6 Å². The number of hydrogen-bond acceptors (Lipinski definition) is 6. The molecule has 30 heavy (non-hydrogen) atoms. The van der Waals surface area contributed by atoms with Gasteiger partial charge in [-0.1, -0.05) is 49.6 Å². The Kier molecular flexibility index (Phi) is 6.20. The van der Waals surface area contributed by atoms with E-state index in [1.165, 1.54) is 12.8 Å². The van der Waals surface area contributed by atoms with Crippen LogP contribution in [0.5, 0.6) is 0 Å². The SMILES string of the molecule is O=C(C1CN[C@@](C(=O)O)(C(=O)OCc2ccccc2)C1)C1NCCC2CCCCC21. The van der Waals surface area contributed by atoms with Gasteiger partial charge < -0.3 is 15.2 Å². The Morgan fingerprint density at radius 1 is 1.10 bits per heavy atom. The van der Waals surface area contributed by atoms with E-state index in [1.54, 1.807) is 0 Å². The fraction of sp³-hybridized carbons (Fsp3) is 0.609. The molecule has 4 rings (SSSR count). The van der Waals surface area contributed by atoms with Gasteiger partial charge in [0.15, 0.2) is 5.78 Å². The summed E-state index contributed by atoms with van der Waals surface area (Å²) < 4.78 is 5.33. The molecule has 5 atom stereocenters. The molecule has 2 saturated heterocycles. The zero-order valence-electron chi connectivity index (χ0n) is 17.1. The Bertz CT molecular complexity index is 796. The number of Topliss-reactive ketones (excluding diaryl/α,β-unsaturated/α-hetero) is 1. The number of carbonyl (C=O) groups excluding carboxylic acids is 2. The van der Waals surface area contributed by atoms with Gasteiger partial charge in [0, 0.05) is 12.5 Å². The molecule has 1 aliphatic carbocycles. The van der Waals surface area contributed by atoms with Crippen molar-refractivity contribution in [3.8, 4) is 0 Å². The Labute approximate surface area is 176 Å². The third-order valence-corrected chi connectivity index (χ3v) is 7.11. The average molecular weight is 415 g/mol. The number of rotatable bonds is 6. The molecule has 2 aliphatic heterocycles. The maximum absolute atomic E-state index is 13.3. The number of piperidine rings is 1. The van der Waals surface area contributed by atoms with Crippen LogP contribution in [0.25, 0.3) is 0 Å². The number of esters is 1. The van der Waals surface area contributed by atoms with Crippen molar-refractivity contribution in [2.75, 3.05) is 13.1 Å². The fourth-order valence-corrected chi connectivity index (χ4v) is 5.44. The monoisotopic (exact) mass is 414 g/mol. The molecule has 162 valence electrons. The molecule has 1 saturated carbocycles. The summed E-state index contributed by atoms with van der Waals surface area (Å²) >= 11 is 0. The first kappa shape index (κ1) is 21.0. The summed E-state index contributed by atoms with van der Waals surface area (Å²) in [5, 5.41) is 16.0. The lowest BCUT2D eigenvalue weighted by Crippen LogP contribution is -2.55. The highest BCUT2D eigenvalue weighted by Gasteiger charge is 2.56. The Morgan fingerprint density at radius 2 is 1.87 bits per heavy atom. The van der Waals surface area contributed by atoms with E-state index in [2.05, 4.69) is 10.6 Å². The van der Waals surface area contributed by atoms with E-state index in [4.69, 9.17) is 4.74 Å². The van der Waals surface area contributed by atoms with Gasteiger partial charge in [0.1, 0.15) is 6.61 Å². The van der Waals surface area contributed by atoms with E-state index in [1.807, 2.05) is 30.3 Å². The van der Waals surface area contributed by atoms with Crippen LogP contribution in [0.4, 0.5) is 0 Å². The Morgan fingerprint density at radius 3 is 2.63 bits per heavy atom. The number of hydrogen-bond donors (Lipinski definition) is 3. The van der Waals surface area contributed by atoms with Crippen LogP contribution in [0, 0.1) is 17.8 Å². The van der Waals surface area contributed by atoms with Crippen molar-refractivity contribution >= 4 is 17.7 Å². The van der Waals surface area contributed by atoms with Gasteiger partial charge in [-0.3, -0.25) is 10.1 Å². The van der Waals surface area contributed by atoms with Crippen LogP contribution in [0.2, 0.25) is 0 Å². The van der Waals surface area contributed by atoms with Crippen LogP contribution in [-0.4, -0.2) is 47.5 Å². The number of ketones is 1. The molecule has 4 unspecified atom stereocenters. The fourth-order valence-electron chi connectivity index (χ4n) is 5.44. The molecular formula is C23H30N2O5. The van der Waals surface area contributed by atoms with Gasteiger partial charge in [-0.05, 0) is 43.2 Å². The maximum Gasteiger partial charge on any atom is 0.338 e. The summed E-state index contributed by atoms with van der Waals surface area (Å²) in [7, 11) is 0. The molecule has 3 N–H and O–H groups in total. The first-order chi connectivity index (χ1) is 14.5.